The highest BCUT2D eigenvalue weighted by molar-refractivity contribution is 8.00. The monoisotopic (exact) mass is 174 g/mol. The number of rotatable bonds is 1. The standard InChI is InChI=1S/C9H18OS/c1-4-8-5-9(10)6(2)7(3)11-8/h6-10H,4-5H2,1-3H3/t6-,7+,8+,9+/m1/s1. The van der Waals surface area contributed by atoms with Crippen molar-refractivity contribution in [3.63, 3.8) is 0 Å². The Hall–Kier alpha value is 0.310. The average Bonchev–Trinajstić information content (AvgIpc) is 1.99. The van der Waals surface area contributed by atoms with Crippen LogP contribution in [-0.4, -0.2) is 21.7 Å². The van der Waals surface area contributed by atoms with Gasteiger partial charge in [-0.25, -0.2) is 0 Å². The van der Waals surface area contributed by atoms with Crippen molar-refractivity contribution in [1.29, 1.82) is 0 Å². The second-order valence-corrected chi connectivity index (χ2v) is 5.22. The highest BCUT2D eigenvalue weighted by atomic mass is 32.2. The molecule has 0 amide bonds. The summed E-state index contributed by atoms with van der Waals surface area (Å²) in [6.07, 6.45) is 2.13. The molecular weight excluding hydrogens is 156 g/mol. The molecule has 0 bridgehead atoms. The molecule has 1 saturated heterocycles. The molecule has 4 atom stereocenters. The summed E-state index contributed by atoms with van der Waals surface area (Å²) in [6, 6.07) is 0. The molecule has 2 heteroatoms. The third-order valence-corrected chi connectivity index (χ3v) is 4.48. The van der Waals surface area contributed by atoms with E-state index in [9.17, 15) is 5.11 Å². The van der Waals surface area contributed by atoms with Crippen LogP contribution in [0.2, 0.25) is 0 Å². The fraction of sp³-hybridized carbons (Fsp3) is 1.00. The summed E-state index contributed by atoms with van der Waals surface area (Å²) in [5.41, 5.74) is 0. The van der Waals surface area contributed by atoms with Crippen molar-refractivity contribution in [3.8, 4) is 0 Å². The Balaban J connectivity index is 2.47. The van der Waals surface area contributed by atoms with Gasteiger partial charge in [-0.1, -0.05) is 20.8 Å². The maximum atomic E-state index is 9.64. The molecule has 0 aliphatic carbocycles. The summed E-state index contributed by atoms with van der Waals surface area (Å²) in [7, 11) is 0. The molecule has 0 saturated carbocycles. The molecule has 0 aromatic carbocycles. The van der Waals surface area contributed by atoms with E-state index < -0.39 is 0 Å². The van der Waals surface area contributed by atoms with Gasteiger partial charge in [0.25, 0.3) is 0 Å². The maximum absolute atomic E-state index is 9.64. The third kappa shape index (κ3) is 2.12. The minimum atomic E-state index is -0.0591. The summed E-state index contributed by atoms with van der Waals surface area (Å²) in [5, 5.41) is 11.0. The molecule has 0 aromatic rings. The van der Waals surface area contributed by atoms with Crippen LogP contribution >= 0.6 is 11.8 Å². The molecule has 1 heterocycles. The molecule has 1 nitrogen and oxygen atoms in total. The molecule has 1 fully saturated rings. The number of aliphatic hydroxyl groups is 1. The zero-order chi connectivity index (χ0) is 8.43. The largest absolute Gasteiger partial charge is 0.393 e. The van der Waals surface area contributed by atoms with Crippen molar-refractivity contribution in [2.24, 2.45) is 5.92 Å². The van der Waals surface area contributed by atoms with Crippen LogP contribution in [0.1, 0.15) is 33.6 Å². The first-order chi connectivity index (χ1) is 5.15. The van der Waals surface area contributed by atoms with E-state index in [-0.39, 0.29) is 6.10 Å². The first-order valence-electron chi connectivity index (χ1n) is 4.48. The van der Waals surface area contributed by atoms with Gasteiger partial charge in [-0.15, -0.1) is 0 Å². The van der Waals surface area contributed by atoms with Crippen LogP contribution in [0.4, 0.5) is 0 Å². The molecule has 66 valence electrons. The quantitative estimate of drug-likeness (QED) is 0.658. The highest BCUT2D eigenvalue weighted by Gasteiger charge is 2.30. The van der Waals surface area contributed by atoms with Crippen molar-refractivity contribution >= 4 is 11.8 Å². The van der Waals surface area contributed by atoms with Crippen LogP contribution in [-0.2, 0) is 0 Å². The lowest BCUT2D eigenvalue weighted by atomic mass is 9.96. The van der Waals surface area contributed by atoms with E-state index in [1.54, 1.807) is 0 Å². The van der Waals surface area contributed by atoms with Crippen molar-refractivity contribution < 1.29 is 5.11 Å². The molecule has 1 aliphatic rings. The van der Waals surface area contributed by atoms with Crippen molar-refractivity contribution in [3.05, 3.63) is 0 Å². The van der Waals surface area contributed by atoms with Gasteiger partial charge in [-0.2, -0.15) is 11.8 Å². The fourth-order valence-corrected chi connectivity index (χ4v) is 3.08. The summed E-state index contributed by atoms with van der Waals surface area (Å²) in [5.74, 6) is 0.475. The smallest absolute Gasteiger partial charge is 0.0586 e. The van der Waals surface area contributed by atoms with E-state index in [1.807, 2.05) is 11.8 Å². The summed E-state index contributed by atoms with van der Waals surface area (Å²) < 4.78 is 0. The Kier molecular flexibility index (Phi) is 3.26. The minimum Gasteiger partial charge on any atom is -0.393 e. The second kappa shape index (κ2) is 3.81. The molecule has 1 rings (SSSR count). The Bertz CT molecular complexity index is 115. The number of hydrogen-bond acceptors (Lipinski definition) is 2. The minimum absolute atomic E-state index is 0.0591. The van der Waals surface area contributed by atoms with Crippen molar-refractivity contribution in [2.75, 3.05) is 0 Å². The topological polar surface area (TPSA) is 20.2 Å². The van der Waals surface area contributed by atoms with Gasteiger partial charge in [-0.05, 0) is 18.8 Å². The molecule has 1 N–H and O–H groups in total. The fourth-order valence-electron chi connectivity index (χ4n) is 1.54. The van der Waals surface area contributed by atoms with E-state index in [0.717, 1.165) is 6.42 Å². The molecule has 0 spiro atoms. The Labute approximate surface area is 73.6 Å². The van der Waals surface area contributed by atoms with E-state index in [2.05, 4.69) is 20.8 Å². The molecule has 0 aromatic heterocycles. The Morgan fingerprint density at radius 2 is 2.09 bits per heavy atom. The predicted octanol–water partition coefficient (Wildman–Crippen LogP) is 2.29. The van der Waals surface area contributed by atoms with Crippen LogP contribution < -0.4 is 0 Å². The average molecular weight is 174 g/mol. The van der Waals surface area contributed by atoms with E-state index in [0.29, 0.717) is 16.4 Å². The van der Waals surface area contributed by atoms with E-state index >= 15 is 0 Å². The predicted molar refractivity (Wildman–Crippen MR) is 50.9 cm³/mol. The zero-order valence-corrected chi connectivity index (χ0v) is 8.40. The van der Waals surface area contributed by atoms with Gasteiger partial charge in [0.05, 0.1) is 6.10 Å². The van der Waals surface area contributed by atoms with E-state index in [1.165, 1.54) is 6.42 Å². The summed E-state index contributed by atoms with van der Waals surface area (Å²) in [6.45, 7) is 6.57. The Morgan fingerprint density at radius 3 is 2.55 bits per heavy atom. The van der Waals surface area contributed by atoms with Gasteiger partial charge < -0.3 is 5.11 Å². The number of hydrogen-bond donors (Lipinski definition) is 1. The zero-order valence-electron chi connectivity index (χ0n) is 7.58. The van der Waals surface area contributed by atoms with Crippen LogP contribution in [0.5, 0.6) is 0 Å². The molecule has 1 aliphatic heterocycles. The van der Waals surface area contributed by atoms with Gasteiger partial charge in [0.15, 0.2) is 0 Å². The summed E-state index contributed by atoms with van der Waals surface area (Å²) >= 11 is 2.04. The number of thioether (sulfide) groups is 1. The van der Waals surface area contributed by atoms with Gasteiger partial charge in [0, 0.05) is 10.5 Å². The van der Waals surface area contributed by atoms with Crippen molar-refractivity contribution in [1.82, 2.24) is 0 Å². The van der Waals surface area contributed by atoms with Crippen LogP contribution in [0.3, 0.4) is 0 Å². The highest BCUT2D eigenvalue weighted by Crippen LogP contribution is 2.36. The normalized spacial score (nSPS) is 45.8. The lowest BCUT2D eigenvalue weighted by molar-refractivity contribution is 0.101. The van der Waals surface area contributed by atoms with Crippen LogP contribution in [0.15, 0.2) is 0 Å². The van der Waals surface area contributed by atoms with Gasteiger partial charge in [0.1, 0.15) is 0 Å². The number of aliphatic hydroxyl groups excluding tert-OH is 1. The summed E-state index contributed by atoms with van der Waals surface area (Å²) in [4.78, 5) is 0. The molecule has 11 heavy (non-hydrogen) atoms. The first-order valence-corrected chi connectivity index (χ1v) is 5.43. The maximum Gasteiger partial charge on any atom is 0.0586 e. The second-order valence-electron chi connectivity index (χ2n) is 3.53. The van der Waals surface area contributed by atoms with E-state index in [4.69, 9.17) is 0 Å². The lowest BCUT2D eigenvalue weighted by Gasteiger charge is -2.35. The lowest BCUT2D eigenvalue weighted by Crippen LogP contribution is -2.34. The first kappa shape index (κ1) is 9.40. The van der Waals surface area contributed by atoms with Crippen LogP contribution in [0.25, 0.3) is 0 Å². The molecule has 0 radical (unpaired) electrons. The third-order valence-electron chi connectivity index (χ3n) is 2.71. The van der Waals surface area contributed by atoms with Crippen molar-refractivity contribution in [2.45, 2.75) is 50.2 Å². The molecule has 0 unspecified atom stereocenters. The Morgan fingerprint density at radius 1 is 1.45 bits per heavy atom. The SMILES string of the molecule is CC[C@H]1C[C@H](O)[C@H](C)[C@H](C)S1. The van der Waals surface area contributed by atoms with Gasteiger partial charge in [0.2, 0.25) is 0 Å². The van der Waals surface area contributed by atoms with Crippen LogP contribution in [0, 0.1) is 5.92 Å². The van der Waals surface area contributed by atoms with Gasteiger partial charge in [-0.3, -0.25) is 0 Å². The van der Waals surface area contributed by atoms with Gasteiger partial charge >= 0.3 is 0 Å². The molecular formula is C9H18OS.